The highest BCUT2D eigenvalue weighted by Crippen LogP contribution is 2.20. The fourth-order valence-corrected chi connectivity index (χ4v) is 2.73. The average Bonchev–Trinajstić information content (AvgIpc) is 2.15. The van der Waals surface area contributed by atoms with E-state index in [1.54, 1.807) is 0 Å². The summed E-state index contributed by atoms with van der Waals surface area (Å²) < 4.78 is 0. The van der Waals surface area contributed by atoms with Gasteiger partial charge in [0.15, 0.2) is 0 Å². The molecule has 0 aromatic heterocycles. The van der Waals surface area contributed by atoms with Crippen molar-refractivity contribution in [3.05, 3.63) is 0 Å². The van der Waals surface area contributed by atoms with Crippen LogP contribution in [-0.2, 0) is 0 Å². The van der Waals surface area contributed by atoms with Gasteiger partial charge in [-0.15, -0.1) is 12.3 Å². The predicted octanol–water partition coefficient (Wildman–Crippen LogP) is 1.84. The molecule has 12 heavy (non-hydrogen) atoms. The second-order valence-electron chi connectivity index (χ2n) is 3.31. The molecule has 0 spiro atoms. The lowest BCUT2D eigenvalue weighted by Gasteiger charge is -2.30. The van der Waals surface area contributed by atoms with E-state index in [4.69, 9.17) is 6.42 Å². The zero-order valence-corrected chi connectivity index (χ0v) is 8.57. The van der Waals surface area contributed by atoms with Gasteiger partial charge in [0.1, 0.15) is 0 Å². The molecule has 0 bridgehead atoms. The Morgan fingerprint density at radius 1 is 1.67 bits per heavy atom. The van der Waals surface area contributed by atoms with Gasteiger partial charge in [-0.2, -0.15) is 11.8 Å². The second kappa shape index (κ2) is 5.50. The smallest absolute Gasteiger partial charge is 0.0214 e. The highest BCUT2D eigenvalue weighted by atomic mass is 32.2. The van der Waals surface area contributed by atoms with Crippen LogP contribution in [0, 0.1) is 12.3 Å². The number of nitrogens with zero attached hydrogens (tertiary/aromatic N) is 1. The summed E-state index contributed by atoms with van der Waals surface area (Å²) in [7, 11) is 2.19. The molecule has 1 aliphatic rings. The highest BCUT2D eigenvalue weighted by molar-refractivity contribution is 7.99. The Kier molecular flexibility index (Phi) is 4.57. The molecule has 1 aliphatic heterocycles. The Bertz CT molecular complexity index is 156. The van der Waals surface area contributed by atoms with Crippen molar-refractivity contribution in [3.63, 3.8) is 0 Å². The van der Waals surface area contributed by atoms with Gasteiger partial charge in [0.05, 0.1) is 0 Å². The van der Waals surface area contributed by atoms with Gasteiger partial charge < -0.3 is 4.90 Å². The summed E-state index contributed by atoms with van der Waals surface area (Å²) in [6, 6.07) is 0.775. The van der Waals surface area contributed by atoms with Crippen molar-refractivity contribution in [2.24, 2.45) is 0 Å². The normalized spacial score (nSPS) is 23.9. The van der Waals surface area contributed by atoms with E-state index in [-0.39, 0.29) is 0 Å². The monoisotopic (exact) mass is 183 g/mol. The Labute approximate surface area is 79.9 Å². The van der Waals surface area contributed by atoms with Gasteiger partial charge in [-0.3, -0.25) is 0 Å². The van der Waals surface area contributed by atoms with E-state index in [0.29, 0.717) is 0 Å². The molecule has 1 unspecified atom stereocenters. The largest absolute Gasteiger partial charge is 0.302 e. The van der Waals surface area contributed by atoms with Crippen LogP contribution in [0.25, 0.3) is 0 Å². The fourth-order valence-electron chi connectivity index (χ4n) is 1.49. The lowest BCUT2D eigenvalue weighted by molar-refractivity contribution is 0.252. The number of hydrogen-bond donors (Lipinski definition) is 0. The summed E-state index contributed by atoms with van der Waals surface area (Å²) in [6.45, 7) is 1.06. The number of terminal acetylenes is 1. The van der Waals surface area contributed by atoms with E-state index >= 15 is 0 Å². The molecule has 1 atom stereocenters. The average molecular weight is 183 g/mol. The maximum atomic E-state index is 5.22. The van der Waals surface area contributed by atoms with Gasteiger partial charge in [0, 0.05) is 24.8 Å². The number of rotatable bonds is 3. The maximum absolute atomic E-state index is 5.22. The highest BCUT2D eigenvalue weighted by Gasteiger charge is 2.17. The van der Waals surface area contributed by atoms with Gasteiger partial charge in [-0.25, -0.2) is 0 Å². The minimum atomic E-state index is 0.775. The Morgan fingerprint density at radius 3 is 3.08 bits per heavy atom. The van der Waals surface area contributed by atoms with Crippen LogP contribution in [0.3, 0.4) is 0 Å². The lowest BCUT2D eigenvalue weighted by Crippen LogP contribution is -2.36. The first-order valence-electron chi connectivity index (χ1n) is 4.56. The first kappa shape index (κ1) is 9.95. The van der Waals surface area contributed by atoms with Crippen molar-refractivity contribution < 1.29 is 0 Å². The number of hydrogen-bond acceptors (Lipinski definition) is 2. The summed E-state index contributed by atoms with van der Waals surface area (Å²) in [4.78, 5) is 2.41. The van der Waals surface area contributed by atoms with E-state index in [9.17, 15) is 0 Å². The Hall–Kier alpha value is -0.130. The molecule has 1 nitrogen and oxygen atoms in total. The summed E-state index contributed by atoms with van der Waals surface area (Å²) in [6.07, 6.45) is 8.84. The van der Waals surface area contributed by atoms with Crippen molar-refractivity contribution in [1.82, 2.24) is 4.90 Å². The zero-order valence-electron chi connectivity index (χ0n) is 7.75. The molecule has 1 heterocycles. The molecular weight excluding hydrogens is 166 g/mol. The molecule has 1 rings (SSSR count). The maximum Gasteiger partial charge on any atom is 0.0214 e. The van der Waals surface area contributed by atoms with Crippen LogP contribution in [0.2, 0.25) is 0 Å². The van der Waals surface area contributed by atoms with Crippen LogP contribution in [-0.4, -0.2) is 36.0 Å². The predicted molar refractivity (Wildman–Crippen MR) is 56.4 cm³/mol. The molecule has 1 fully saturated rings. The Balaban J connectivity index is 2.21. The van der Waals surface area contributed by atoms with Gasteiger partial charge in [0.25, 0.3) is 0 Å². The van der Waals surface area contributed by atoms with Gasteiger partial charge >= 0.3 is 0 Å². The molecule has 0 saturated carbocycles. The lowest BCUT2D eigenvalue weighted by atomic mass is 10.1. The van der Waals surface area contributed by atoms with Crippen molar-refractivity contribution in [2.45, 2.75) is 25.3 Å². The molecule has 2 heteroatoms. The van der Waals surface area contributed by atoms with Crippen LogP contribution >= 0.6 is 11.8 Å². The topological polar surface area (TPSA) is 3.24 Å². The molecule has 0 aliphatic carbocycles. The SMILES string of the molecule is C#CCCN(C)C1CCCSC1. The summed E-state index contributed by atoms with van der Waals surface area (Å²) in [5.41, 5.74) is 0. The Morgan fingerprint density at radius 2 is 2.50 bits per heavy atom. The van der Waals surface area contributed by atoms with Gasteiger partial charge in [0.2, 0.25) is 0 Å². The van der Waals surface area contributed by atoms with Crippen LogP contribution < -0.4 is 0 Å². The van der Waals surface area contributed by atoms with E-state index in [2.05, 4.69) is 29.6 Å². The number of thioether (sulfide) groups is 1. The van der Waals surface area contributed by atoms with Crippen LogP contribution in [0.4, 0.5) is 0 Å². The minimum absolute atomic E-state index is 0.775. The third-order valence-electron chi connectivity index (χ3n) is 2.37. The second-order valence-corrected chi connectivity index (χ2v) is 4.46. The molecule has 0 aromatic carbocycles. The van der Waals surface area contributed by atoms with Crippen LogP contribution in [0.15, 0.2) is 0 Å². The summed E-state index contributed by atoms with van der Waals surface area (Å²) in [5.74, 6) is 5.33. The molecule has 0 aromatic rings. The summed E-state index contributed by atoms with van der Waals surface area (Å²) >= 11 is 2.07. The van der Waals surface area contributed by atoms with Crippen LogP contribution in [0.5, 0.6) is 0 Å². The molecule has 0 amide bonds. The van der Waals surface area contributed by atoms with E-state index < -0.39 is 0 Å². The first-order valence-corrected chi connectivity index (χ1v) is 5.71. The van der Waals surface area contributed by atoms with E-state index in [0.717, 1.165) is 19.0 Å². The van der Waals surface area contributed by atoms with Crippen molar-refractivity contribution in [2.75, 3.05) is 25.1 Å². The summed E-state index contributed by atoms with van der Waals surface area (Å²) in [5, 5.41) is 0. The standard InChI is InChI=1S/C10H17NS/c1-3-4-7-11(2)10-6-5-8-12-9-10/h1,10H,4-9H2,2H3. The first-order chi connectivity index (χ1) is 5.84. The zero-order chi connectivity index (χ0) is 8.81. The van der Waals surface area contributed by atoms with E-state index in [1.807, 2.05) is 0 Å². The molecular formula is C10H17NS. The van der Waals surface area contributed by atoms with Crippen molar-refractivity contribution >= 4 is 11.8 Å². The fraction of sp³-hybridized carbons (Fsp3) is 0.800. The van der Waals surface area contributed by atoms with Crippen molar-refractivity contribution in [3.8, 4) is 12.3 Å². The van der Waals surface area contributed by atoms with E-state index in [1.165, 1.54) is 24.3 Å². The molecule has 0 N–H and O–H groups in total. The third-order valence-corrected chi connectivity index (χ3v) is 3.57. The minimum Gasteiger partial charge on any atom is -0.302 e. The molecule has 1 saturated heterocycles. The molecule has 0 radical (unpaired) electrons. The van der Waals surface area contributed by atoms with Gasteiger partial charge in [-0.05, 0) is 25.6 Å². The third kappa shape index (κ3) is 3.08. The molecule has 68 valence electrons. The van der Waals surface area contributed by atoms with Crippen LogP contribution in [0.1, 0.15) is 19.3 Å². The van der Waals surface area contributed by atoms with Crippen molar-refractivity contribution in [1.29, 1.82) is 0 Å². The van der Waals surface area contributed by atoms with Gasteiger partial charge in [-0.1, -0.05) is 0 Å². The quantitative estimate of drug-likeness (QED) is 0.614.